The van der Waals surface area contributed by atoms with Gasteiger partial charge in [0.05, 0.1) is 6.04 Å². The molecule has 1 amide bonds. The normalized spacial score (nSPS) is 27.3. The number of ether oxygens (including phenoxy) is 1. The second-order valence-corrected chi connectivity index (χ2v) is 6.82. The fourth-order valence-electron chi connectivity index (χ4n) is 3.90. The van der Waals surface area contributed by atoms with Gasteiger partial charge in [0, 0.05) is 6.04 Å². The monoisotopic (exact) mass is 297 g/mol. The Bertz CT molecular complexity index is 576. The van der Waals surface area contributed by atoms with Crippen LogP contribution < -0.4 is 0 Å². The van der Waals surface area contributed by atoms with Crippen molar-refractivity contribution in [3.8, 4) is 0 Å². The van der Waals surface area contributed by atoms with Crippen LogP contribution in [0.15, 0.2) is 42.0 Å². The van der Waals surface area contributed by atoms with Gasteiger partial charge < -0.3 is 4.74 Å². The molecule has 1 saturated carbocycles. The standard InChI is InChI=1S/C19H23NO2/c21-19(22-13-14-5-2-1-3-6-14)20-17-7-4-8-18(20)12-16(11-17)15-9-10-15/h1-3,5-6,11,15,17-18H,4,7-10,12-13H2. The van der Waals surface area contributed by atoms with Crippen LogP contribution in [0.2, 0.25) is 0 Å². The van der Waals surface area contributed by atoms with Gasteiger partial charge in [0.15, 0.2) is 0 Å². The second-order valence-electron chi connectivity index (χ2n) is 6.82. The molecule has 0 aromatic heterocycles. The zero-order valence-electron chi connectivity index (χ0n) is 12.9. The SMILES string of the molecule is O=C(OCc1ccccc1)N1C2C=C(C3CC3)CC1CCC2. The number of carbonyl (C=O) groups excluding carboxylic acids is 1. The topological polar surface area (TPSA) is 29.5 Å². The van der Waals surface area contributed by atoms with Gasteiger partial charge in [-0.25, -0.2) is 4.79 Å². The van der Waals surface area contributed by atoms with Gasteiger partial charge in [-0.3, -0.25) is 4.90 Å². The summed E-state index contributed by atoms with van der Waals surface area (Å²) in [6.07, 6.45) is 9.46. The van der Waals surface area contributed by atoms with Crippen LogP contribution in [0.4, 0.5) is 4.79 Å². The molecular formula is C19H23NO2. The largest absolute Gasteiger partial charge is 0.445 e. The van der Waals surface area contributed by atoms with Crippen LogP contribution >= 0.6 is 0 Å². The lowest BCUT2D eigenvalue weighted by atomic mass is 9.84. The third-order valence-corrected chi connectivity index (χ3v) is 5.18. The molecule has 2 unspecified atom stereocenters. The highest BCUT2D eigenvalue weighted by Crippen LogP contribution is 2.44. The van der Waals surface area contributed by atoms with E-state index in [1.54, 1.807) is 5.57 Å². The molecule has 0 spiro atoms. The summed E-state index contributed by atoms with van der Waals surface area (Å²) in [5.74, 6) is 0.825. The molecule has 2 heterocycles. The zero-order valence-corrected chi connectivity index (χ0v) is 12.9. The van der Waals surface area contributed by atoms with E-state index in [2.05, 4.69) is 6.08 Å². The summed E-state index contributed by atoms with van der Waals surface area (Å²) in [6.45, 7) is 0.370. The number of hydrogen-bond acceptors (Lipinski definition) is 2. The quantitative estimate of drug-likeness (QED) is 0.779. The molecule has 2 fully saturated rings. The lowest BCUT2D eigenvalue weighted by Crippen LogP contribution is -2.52. The maximum absolute atomic E-state index is 12.6. The Morgan fingerprint density at radius 2 is 1.95 bits per heavy atom. The van der Waals surface area contributed by atoms with Gasteiger partial charge in [-0.15, -0.1) is 0 Å². The molecule has 2 atom stereocenters. The van der Waals surface area contributed by atoms with E-state index in [1.165, 1.54) is 19.3 Å². The van der Waals surface area contributed by atoms with Gasteiger partial charge in [-0.2, -0.15) is 0 Å². The minimum Gasteiger partial charge on any atom is -0.445 e. The molecule has 3 nitrogen and oxygen atoms in total. The lowest BCUT2D eigenvalue weighted by Gasteiger charge is -2.44. The van der Waals surface area contributed by atoms with Gasteiger partial charge in [-0.1, -0.05) is 42.0 Å². The first kappa shape index (κ1) is 13.9. The summed E-state index contributed by atoms with van der Waals surface area (Å²) in [6, 6.07) is 10.6. The van der Waals surface area contributed by atoms with Crippen LogP contribution in [0, 0.1) is 5.92 Å². The third-order valence-electron chi connectivity index (χ3n) is 5.18. The van der Waals surface area contributed by atoms with Gasteiger partial charge in [0.25, 0.3) is 0 Å². The van der Waals surface area contributed by atoms with Crippen molar-refractivity contribution in [2.75, 3.05) is 0 Å². The highest BCUT2D eigenvalue weighted by atomic mass is 16.6. The van der Waals surface area contributed by atoms with Gasteiger partial charge in [0.1, 0.15) is 6.61 Å². The Balaban J connectivity index is 1.44. The predicted molar refractivity (Wildman–Crippen MR) is 85.3 cm³/mol. The van der Waals surface area contributed by atoms with Crippen molar-refractivity contribution in [3.05, 3.63) is 47.5 Å². The fourth-order valence-corrected chi connectivity index (χ4v) is 3.90. The molecule has 22 heavy (non-hydrogen) atoms. The molecule has 1 aromatic rings. The number of fused-ring (bicyclic) bond motifs is 2. The Morgan fingerprint density at radius 1 is 1.14 bits per heavy atom. The average molecular weight is 297 g/mol. The molecule has 2 bridgehead atoms. The van der Waals surface area contributed by atoms with Crippen molar-refractivity contribution in [1.82, 2.24) is 4.90 Å². The number of piperidine rings is 1. The zero-order chi connectivity index (χ0) is 14.9. The molecule has 0 radical (unpaired) electrons. The predicted octanol–water partition coefficient (Wildman–Crippen LogP) is 4.29. The highest BCUT2D eigenvalue weighted by molar-refractivity contribution is 5.69. The van der Waals surface area contributed by atoms with Crippen molar-refractivity contribution in [1.29, 1.82) is 0 Å². The summed E-state index contributed by atoms with van der Waals surface area (Å²) in [7, 11) is 0. The third kappa shape index (κ3) is 2.77. The Morgan fingerprint density at radius 3 is 2.68 bits per heavy atom. The van der Waals surface area contributed by atoms with E-state index in [1.807, 2.05) is 35.2 Å². The molecule has 3 heteroatoms. The maximum Gasteiger partial charge on any atom is 0.410 e. The van der Waals surface area contributed by atoms with Crippen molar-refractivity contribution in [3.63, 3.8) is 0 Å². The first-order chi connectivity index (χ1) is 10.8. The first-order valence-electron chi connectivity index (χ1n) is 8.51. The summed E-state index contributed by atoms with van der Waals surface area (Å²) in [4.78, 5) is 14.6. The van der Waals surface area contributed by atoms with E-state index in [0.717, 1.165) is 30.7 Å². The maximum atomic E-state index is 12.6. The molecule has 116 valence electrons. The van der Waals surface area contributed by atoms with Crippen molar-refractivity contribution in [2.45, 2.75) is 57.2 Å². The fraction of sp³-hybridized carbons (Fsp3) is 0.526. The average Bonchev–Trinajstić information content (AvgIpc) is 3.37. The van der Waals surface area contributed by atoms with E-state index in [9.17, 15) is 4.79 Å². The Hall–Kier alpha value is -1.77. The summed E-state index contributed by atoms with van der Waals surface area (Å²) in [5, 5.41) is 0. The molecule has 3 aliphatic rings. The van der Waals surface area contributed by atoms with Crippen LogP contribution in [0.25, 0.3) is 0 Å². The first-order valence-corrected chi connectivity index (χ1v) is 8.51. The van der Waals surface area contributed by atoms with Crippen molar-refractivity contribution in [2.24, 2.45) is 5.92 Å². The summed E-state index contributed by atoms with van der Waals surface area (Å²) in [5.41, 5.74) is 2.66. The number of rotatable bonds is 3. The molecule has 2 aliphatic heterocycles. The second kappa shape index (κ2) is 5.79. The smallest absolute Gasteiger partial charge is 0.410 e. The highest BCUT2D eigenvalue weighted by Gasteiger charge is 2.41. The minimum absolute atomic E-state index is 0.135. The number of amides is 1. The molecule has 4 rings (SSSR count). The Kier molecular flexibility index (Phi) is 3.65. The Labute approximate surface area is 132 Å². The van der Waals surface area contributed by atoms with Crippen molar-refractivity contribution >= 4 is 6.09 Å². The van der Waals surface area contributed by atoms with E-state index in [-0.39, 0.29) is 12.1 Å². The number of benzene rings is 1. The van der Waals surface area contributed by atoms with Crippen molar-refractivity contribution < 1.29 is 9.53 Å². The van der Waals surface area contributed by atoms with Gasteiger partial charge in [-0.05, 0) is 50.0 Å². The van der Waals surface area contributed by atoms with Crippen LogP contribution in [-0.4, -0.2) is 23.1 Å². The van der Waals surface area contributed by atoms with Gasteiger partial charge in [0.2, 0.25) is 0 Å². The lowest BCUT2D eigenvalue weighted by molar-refractivity contribution is 0.0477. The van der Waals surface area contributed by atoms with Crippen LogP contribution in [0.1, 0.15) is 44.1 Å². The number of nitrogens with zero attached hydrogens (tertiary/aromatic N) is 1. The minimum atomic E-state index is -0.135. The summed E-state index contributed by atoms with van der Waals surface area (Å²) < 4.78 is 5.57. The molecule has 1 saturated heterocycles. The van der Waals surface area contributed by atoms with E-state index in [4.69, 9.17) is 4.74 Å². The summed E-state index contributed by atoms with van der Waals surface area (Å²) >= 11 is 0. The number of hydrogen-bond donors (Lipinski definition) is 0. The number of carbonyl (C=O) groups is 1. The van der Waals surface area contributed by atoms with Crippen LogP contribution in [0.5, 0.6) is 0 Å². The molecule has 1 aromatic carbocycles. The molecular weight excluding hydrogens is 274 g/mol. The van der Waals surface area contributed by atoms with E-state index < -0.39 is 0 Å². The molecule has 0 N–H and O–H groups in total. The van der Waals surface area contributed by atoms with Crippen LogP contribution in [-0.2, 0) is 11.3 Å². The van der Waals surface area contributed by atoms with Crippen LogP contribution in [0.3, 0.4) is 0 Å². The van der Waals surface area contributed by atoms with Gasteiger partial charge >= 0.3 is 6.09 Å². The molecule has 1 aliphatic carbocycles. The van der Waals surface area contributed by atoms with E-state index >= 15 is 0 Å². The van der Waals surface area contributed by atoms with E-state index in [0.29, 0.717) is 12.6 Å².